The van der Waals surface area contributed by atoms with E-state index >= 15 is 0 Å². The summed E-state index contributed by atoms with van der Waals surface area (Å²) in [5, 5.41) is 6.85. The Morgan fingerprint density at radius 1 is 1.12 bits per heavy atom. The van der Waals surface area contributed by atoms with Gasteiger partial charge in [-0.2, -0.15) is 0 Å². The molecule has 1 heterocycles. The number of nitrogens with one attached hydrogen (secondary N) is 2. The molecule has 0 fully saturated rings. The number of carbonyl (C=O) groups excluding carboxylic acids is 2. The molecule has 3 rings (SSSR count). The van der Waals surface area contributed by atoms with Gasteiger partial charge in [0.15, 0.2) is 0 Å². The quantitative estimate of drug-likeness (QED) is 0.404. The monoisotopic (exact) mass is 499 g/mol. The number of imidazole rings is 1. The Morgan fingerprint density at radius 3 is 2.44 bits per heavy atom. The molecule has 178 valence electrons. The van der Waals surface area contributed by atoms with Crippen molar-refractivity contribution in [1.29, 1.82) is 0 Å². The number of aromatic nitrogens is 2. The van der Waals surface area contributed by atoms with E-state index in [9.17, 15) is 9.59 Å². The second-order valence-electron chi connectivity index (χ2n) is 8.70. The molecule has 1 aromatic heterocycles. The number of halogens is 2. The van der Waals surface area contributed by atoms with Crippen molar-refractivity contribution >= 4 is 41.1 Å². The van der Waals surface area contributed by atoms with Crippen LogP contribution in [-0.4, -0.2) is 45.0 Å². The van der Waals surface area contributed by atoms with Crippen LogP contribution in [0.15, 0.2) is 67.4 Å². The van der Waals surface area contributed by atoms with Gasteiger partial charge in [0.05, 0.1) is 5.69 Å². The van der Waals surface area contributed by atoms with Crippen molar-refractivity contribution < 1.29 is 9.59 Å². The van der Waals surface area contributed by atoms with Crippen LogP contribution in [0.5, 0.6) is 0 Å². The highest BCUT2D eigenvalue weighted by Gasteiger charge is 2.22. The minimum Gasteiger partial charge on any atom is -0.333 e. The lowest BCUT2D eigenvalue weighted by atomic mass is 10.1. The molecule has 0 aliphatic heterocycles. The van der Waals surface area contributed by atoms with E-state index in [0.717, 1.165) is 11.3 Å². The fourth-order valence-electron chi connectivity index (χ4n) is 3.16. The van der Waals surface area contributed by atoms with Gasteiger partial charge in [0.25, 0.3) is 0 Å². The Hall–Kier alpha value is -3.29. The van der Waals surface area contributed by atoms with E-state index in [0.29, 0.717) is 21.7 Å². The number of hydrogen-bond donors (Lipinski definition) is 2. The van der Waals surface area contributed by atoms with Gasteiger partial charge in [-0.3, -0.25) is 14.7 Å². The first-order valence-corrected chi connectivity index (χ1v) is 11.4. The molecular formula is C25H27Cl2N5O2. The van der Waals surface area contributed by atoms with Gasteiger partial charge in [-0.1, -0.05) is 47.5 Å². The number of nitrogens with zero attached hydrogens (tertiary/aromatic N) is 3. The molecular weight excluding hydrogens is 473 g/mol. The fourth-order valence-corrected chi connectivity index (χ4v) is 3.47. The van der Waals surface area contributed by atoms with E-state index in [-0.39, 0.29) is 19.1 Å². The number of carbonyl (C=O) groups is 2. The molecule has 2 aromatic carbocycles. The topological polar surface area (TPSA) is 79.3 Å². The maximum atomic E-state index is 12.9. The van der Waals surface area contributed by atoms with Crippen molar-refractivity contribution in [3.05, 3.63) is 77.4 Å². The highest BCUT2D eigenvalue weighted by atomic mass is 35.5. The zero-order valence-corrected chi connectivity index (χ0v) is 20.8. The minimum atomic E-state index is -0.441. The Bertz CT molecular complexity index is 1180. The van der Waals surface area contributed by atoms with E-state index in [1.165, 1.54) is 4.90 Å². The normalized spacial score (nSPS) is 11.1. The third-order valence-corrected chi connectivity index (χ3v) is 5.12. The first kappa shape index (κ1) is 25.3. The Kier molecular flexibility index (Phi) is 8.02. The van der Waals surface area contributed by atoms with Crippen LogP contribution in [0.2, 0.25) is 10.0 Å². The molecule has 0 aliphatic carbocycles. The summed E-state index contributed by atoms with van der Waals surface area (Å²) in [4.78, 5) is 31.6. The van der Waals surface area contributed by atoms with Crippen LogP contribution < -0.4 is 10.6 Å². The number of amides is 3. The lowest BCUT2D eigenvalue weighted by Gasteiger charge is -2.27. The summed E-state index contributed by atoms with van der Waals surface area (Å²) in [6, 6.07) is 14.1. The zero-order chi connectivity index (χ0) is 24.9. The van der Waals surface area contributed by atoms with Crippen LogP contribution in [-0.2, 0) is 4.79 Å². The van der Waals surface area contributed by atoms with Crippen LogP contribution in [0, 0.1) is 0 Å². The molecule has 0 saturated heterocycles. The number of benzene rings is 2. The van der Waals surface area contributed by atoms with E-state index in [4.69, 9.17) is 23.2 Å². The maximum Gasteiger partial charge on any atom is 0.318 e. The lowest BCUT2D eigenvalue weighted by Crippen LogP contribution is -2.50. The van der Waals surface area contributed by atoms with Crippen molar-refractivity contribution in [1.82, 2.24) is 19.8 Å². The van der Waals surface area contributed by atoms with Gasteiger partial charge in [0.2, 0.25) is 11.9 Å². The highest BCUT2D eigenvalue weighted by Crippen LogP contribution is 2.26. The van der Waals surface area contributed by atoms with Crippen LogP contribution >= 0.6 is 23.2 Å². The van der Waals surface area contributed by atoms with Crippen LogP contribution in [0.25, 0.3) is 16.9 Å². The first-order chi connectivity index (χ1) is 16.1. The van der Waals surface area contributed by atoms with Gasteiger partial charge >= 0.3 is 6.03 Å². The highest BCUT2D eigenvalue weighted by molar-refractivity contribution is 6.31. The van der Waals surface area contributed by atoms with E-state index < -0.39 is 11.4 Å². The summed E-state index contributed by atoms with van der Waals surface area (Å²) < 4.78 is 1.74. The molecule has 0 aliphatic rings. The molecule has 0 spiro atoms. The van der Waals surface area contributed by atoms with E-state index in [1.54, 1.807) is 41.1 Å². The standard InChI is InChI=1S/C25H27Cl2N5O2/c1-5-13-31(24(34)30-25(2,3)4)16-22(33)29-23-28-21(17-9-11-18(26)12-10-17)15-32(23)20-8-6-7-19(27)14-20/h5-12,14-15H,1,13,16H2,2-4H3,(H,30,34)(H,28,29,33). The Morgan fingerprint density at radius 2 is 1.82 bits per heavy atom. The van der Waals surface area contributed by atoms with Gasteiger partial charge in [-0.15, -0.1) is 6.58 Å². The fraction of sp³-hybridized carbons (Fsp3) is 0.240. The average molecular weight is 500 g/mol. The molecule has 3 aromatic rings. The predicted molar refractivity (Wildman–Crippen MR) is 138 cm³/mol. The van der Waals surface area contributed by atoms with Gasteiger partial charge in [0.1, 0.15) is 6.54 Å². The molecule has 9 heteroatoms. The molecule has 34 heavy (non-hydrogen) atoms. The zero-order valence-electron chi connectivity index (χ0n) is 19.3. The summed E-state index contributed by atoms with van der Waals surface area (Å²) in [7, 11) is 0. The van der Waals surface area contributed by atoms with Crippen LogP contribution in [0.4, 0.5) is 10.7 Å². The van der Waals surface area contributed by atoms with Gasteiger partial charge in [0, 0.05) is 39.6 Å². The summed E-state index contributed by atoms with van der Waals surface area (Å²) in [5.74, 6) is -0.102. The SMILES string of the molecule is C=CCN(CC(=O)Nc1nc(-c2ccc(Cl)cc2)cn1-c1cccc(Cl)c1)C(=O)NC(C)(C)C. The van der Waals surface area contributed by atoms with Gasteiger partial charge < -0.3 is 10.2 Å². The van der Waals surface area contributed by atoms with Crippen LogP contribution in [0.3, 0.4) is 0 Å². The minimum absolute atomic E-state index is 0.174. The largest absolute Gasteiger partial charge is 0.333 e. The van der Waals surface area contributed by atoms with Crippen molar-refractivity contribution in [2.24, 2.45) is 0 Å². The number of urea groups is 1. The second kappa shape index (κ2) is 10.8. The lowest BCUT2D eigenvalue weighted by molar-refractivity contribution is -0.116. The summed E-state index contributed by atoms with van der Waals surface area (Å²) >= 11 is 12.2. The van der Waals surface area contributed by atoms with Crippen molar-refractivity contribution in [2.75, 3.05) is 18.4 Å². The number of hydrogen-bond acceptors (Lipinski definition) is 3. The number of anilines is 1. The van der Waals surface area contributed by atoms with Gasteiger partial charge in [-0.05, 0) is 51.1 Å². The van der Waals surface area contributed by atoms with Crippen LogP contribution in [0.1, 0.15) is 20.8 Å². The first-order valence-electron chi connectivity index (χ1n) is 10.6. The van der Waals surface area contributed by atoms with E-state index in [2.05, 4.69) is 22.2 Å². The molecule has 0 saturated carbocycles. The van der Waals surface area contributed by atoms with Crippen molar-refractivity contribution in [3.63, 3.8) is 0 Å². The molecule has 0 unspecified atom stereocenters. The Labute approximate surface area is 209 Å². The van der Waals surface area contributed by atoms with Gasteiger partial charge in [-0.25, -0.2) is 9.78 Å². The average Bonchev–Trinajstić information content (AvgIpc) is 3.16. The third-order valence-electron chi connectivity index (χ3n) is 4.64. The molecule has 2 N–H and O–H groups in total. The summed E-state index contributed by atoms with van der Waals surface area (Å²) in [6.07, 6.45) is 3.37. The molecule has 7 nitrogen and oxygen atoms in total. The maximum absolute atomic E-state index is 12.9. The molecule has 3 amide bonds. The summed E-state index contributed by atoms with van der Waals surface area (Å²) in [6.45, 7) is 9.34. The third kappa shape index (κ3) is 6.85. The number of rotatable bonds is 7. The predicted octanol–water partition coefficient (Wildman–Crippen LogP) is 5.78. The molecule has 0 atom stereocenters. The van der Waals surface area contributed by atoms with E-state index in [1.807, 2.05) is 45.0 Å². The molecule has 0 bridgehead atoms. The smallest absolute Gasteiger partial charge is 0.318 e. The molecule has 0 radical (unpaired) electrons. The second-order valence-corrected chi connectivity index (χ2v) is 9.58. The van der Waals surface area contributed by atoms with Crippen molar-refractivity contribution in [3.8, 4) is 16.9 Å². The van der Waals surface area contributed by atoms with Crippen molar-refractivity contribution in [2.45, 2.75) is 26.3 Å². The Balaban J connectivity index is 1.89. The summed E-state index contributed by atoms with van der Waals surface area (Å²) in [5.41, 5.74) is 1.76.